The van der Waals surface area contributed by atoms with Crippen LogP contribution in [0.15, 0.2) is 48.7 Å². The Morgan fingerprint density at radius 1 is 1.03 bits per heavy atom. The molecule has 0 aliphatic carbocycles. The van der Waals surface area contributed by atoms with Crippen LogP contribution in [-0.2, 0) is 4.79 Å². The second kappa shape index (κ2) is 8.88. The van der Waals surface area contributed by atoms with Crippen LogP contribution in [0.1, 0.15) is 20.7 Å². The fraction of sp³-hybridized carbons (Fsp3) is 0.250. The summed E-state index contributed by atoms with van der Waals surface area (Å²) in [6.45, 7) is 2.64. The zero-order valence-electron chi connectivity index (χ0n) is 18.7. The minimum absolute atomic E-state index is 0.0106. The summed E-state index contributed by atoms with van der Waals surface area (Å²) < 4.78 is 3.01. The van der Waals surface area contributed by atoms with E-state index < -0.39 is 0 Å². The molecule has 5 rings (SSSR count). The number of fused-ring (bicyclic) bond motifs is 3. The topological polar surface area (TPSA) is 113 Å². The zero-order valence-corrected chi connectivity index (χ0v) is 19.5. The van der Waals surface area contributed by atoms with Crippen LogP contribution in [0.3, 0.4) is 0 Å². The van der Waals surface area contributed by atoms with Gasteiger partial charge in [0.05, 0.1) is 22.5 Å². The fourth-order valence-corrected chi connectivity index (χ4v) is 5.27. The molecule has 0 saturated carbocycles. The SMILES string of the molecule is CNC(=O)c1ccc(-c2cn3c(n2)sc2cc(C(=O)N4CCN(CC(N)=O)CC4)ccc23)cc1. The maximum Gasteiger partial charge on any atom is 0.253 e. The molecular formula is C24H24N6O3S. The zero-order chi connectivity index (χ0) is 23.8. The van der Waals surface area contributed by atoms with Gasteiger partial charge in [0.15, 0.2) is 4.96 Å². The van der Waals surface area contributed by atoms with Gasteiger partial charge in [0.25, 0.3) is 11.8 Å². The first-order chi connectivity index (χ1) is 16.4. The van der Waals surface area contributed by atoms with Crippen LogP contribution in [0.5, 0.6) is 0 Å². The minimum atomic E-state index is -0.350. The smallest absolute Gasteiger partial charge is 0.253 e. The molecule has 0 radical (unpaired) electrons. The predicted octanol–water partition coefficient (Wildman–Crippen LogP) is 1.82. The lowest BCUT2D eigenvalue weighted by molar-refractivity contribution is -0.119. The first-order valence-corrected chi connectivity index (χ1v) is 11.8. The third kappa shape index (κ3) is 4.13. The second-order valence-corrected chi connectivity index (χ2v) is 9.26. The number of nitrogens with zero attached hydrogens (tertiary/aromatic N) is 4. The van der Waals surface area contributed by atoms with Crippen LogP contribution in [0.25, 0.3) is 26.4 Å². The van der Waals surface area contributed by atoms with Crippen molar-refractivity contribution in [1.82, 2.24) is 24.5 Å². The number of hydrogen-bond acceptors (Lipinski definition) is 6. The summed E-state index contributed by atoms with van der Waals surface area (Å²) >= 11 is 1.53. The van der Waals surface area contributed by atoms with Gasteiger partial charge in [-0.05, 0) is 30.3 Å². The molecule has 1 fully saturated rings. The van der Waals surface area contributed by atoms with Crippen molar-refractivity contribution in [1.29, 1.82) is 0 Å². The van der Waals surface area contributed by atoms with E-state index in [1.807, 2.05) is 50.7 Å². The molecule has 3 amide bonds. The summed E-state index contributed by atoms with van der Waals surface area (Å²) in [4.78, 5) is 45.3. The van der Waals surface area contributed by atoms with Gasteiger partial charge in [-0.1, -0.05) is 23.5 Å². The van der Waals surface area contributed by atoms with Crippen molar-refractivity contribution >= 4 is 44.2 Å². The Labute approximate surface area is 199 Å². The maximum atomic E-state index is 13.0. The van der Waals surface area contributed by atoms with Gasteiger partial charge in [0.2, 0.25) is 5.91 Å². The molecule has 10 heteroatoms. The Balaban J connectivity index is 1.35. The number of nitrogens with two attached hydrogens (primary N) is 1. The van der Waals surface area contributed by atoms with Crippen LogP contribution >= 0.6 is 11.3 Å². The highest BCUT2D eigenvalue weighted by atomic mass is 32.1. The Kier molecular flexibility index (Phi) is 5.76. The lowest BCUT2D eigenvalue weighted by Gasteiger charge is -2.34. The van der Waals surface area contributed by atoms with Crippen LogP contribution in [0, 0.1) is 0 Å². The average molecular weight is 477 g/mol. The van der Waals surface area contributed by atoms with Gasteiger partial charge < -0.3 is 16.0 Å². The summed E-state index contributed by atoms with van der Waals surface area (Å²) in [7, 11) is 1.61. The molecule has 3 N–H and O–H groups in total. The van der Waals surface area contributed by atoms with Crippen LogP contribution in [0.2, 0.25) is 0 Å². The van der Waals surface area contributed by atoms with Crippen LogP contribution < -0.4 is 11.1 Å². The number of nitrogens with one attached hydrogen (secondary N) is 1. The summed E-state index contributed by atoms with van der Waals surface area (Å²) in [5.41, 5.74) is 9.26. The number of imidazole rings is 1. The lowest BCUT2D eigenvalue weighted by atomic mass is 10.1. The summed E-state index contributed by atoms with van der Waals surface area (Å²) in [5, 5.41) is 2.62. The minimum Gasteiger partial charge on any atom is -0.369 e. The van der Waals surface area contributed by atoms with Crippen LogP contribution in [-0.4, -0.2) is 76.7 Å². The maximum absolute atomic E-state index is 13.0. The van der Waals surface area contributed by atoms with Crippen molar-refractivity contribution in [3.63, 3.8) is 0 Å². The second-order valence-electron chi connectivity index (χ2n) is 8.25. The molecule has 0 unspecified atom stereocenters. The molecular weight excluding hydrogens is 452 g/mol. The summed E-state index contributed by atoms with van der Waals surface area (Å²) in [5.74, 6) is -0.484. The van der Waals surface area contributed by atoms with E-state index >= 15 is 0 Å². The number of aromatic nitrogens is 2. The molecule has 2 aromatic heterocycles. The normalized spacial score (nSPS) is 14.6. The standard InChI is InChI=1S/C24H24N6O3S/c1-26-22(32)16-4-2-15(3-5-16)18-13-30-19-7-6-17(12-20(19)34-24(30)27-18)23(33)29-10-8-28(9-11-29)14-21(25)31/h2-7,12-13H,8-11,14H2,1H3,(H2,25,31)(H,26,32). The summed E-state index contributed by atoms with van der Waals surface area (Å²) in [6, 6.07) is 13.1. The van der Waals surface area contributed by atoms with Gasteiger partial charge in [-0.2, -0.15) is 0 Å². The van der Waals surface area contributed by atoms with E-state index in [0.29, 0.717) is 37.3 Å². The third-order valence-electron chi connectivity index (χ3n) is 6.05. The molecule has 174 valence electrons. The first-order valence-electron chi connectivity index (χ1n) is 11.0. The number of amides is 3. The van der Waals surface area contributed by atoms with Crippen molar-refractivity contribution in [3.8, 4) is 11.3 Å². The monoisotopic (exact) mass is 476 g/mol. The highest BCUT2D eigenvalue weighted by Gasteiger charge is 2.23. The largest absolute Gasteiger partial charge is 0.369 e. The van der Waals surface area contributed by atoms with Crippen molar-refractivity contribution in [2.75, 3.05) is 39.8 Å². The van der Waals surface area contributed by atoms with Crippen molar-refractivity contribution in [3.05, 3.63) is 59.8 Å². The van der Waals surface area contributed by atoms with Gasteiger partial charge in [-0.25, -0.2) is 4.98 Å². The number of carbonyl (C=O) groups is 3. The van der Waals surface area contributed by atoms with E-state index in [1.54, 1.807) is 19.2 Å². The number of piperazine rings is 1. The Morgan fingerprint density at radius 2 is 1.74 bits per heavy atom. The third-order valence-corrected chi connectivity index (χ3v) is 7.07. The van der Waals surface area contributed by atoms with E-state index in [1.165, 1.54) is 11.3 Å². The molecule has 9 nitrogen and oxygen atoms in total. The average Bonchev–Trinajstić information content (AvgIpc) is 3.41. The number of primary amides is 1. The van der Waals surface area contributed by atoms with Crippen molar-refractivity contribution in [2.45, 2.75) is 0 Å². The van der Waals surface area contributed by atoms with E-state index in [9.17, 15) is 14.4 Å². The molecule has 1 aliphatic heterocycles. The molecule has 0 bridgehead atoms. The van der Waals surface area contributed by atoms with E-state index in [2.05, 4.69) is 5.32 Å². The molecule has 34 heavy (non-hydrogen) atoms. The number of rotatable bonds is 5. The van der Waals surface area contributed by atoms with E-state index in [-0.39, 0.29) is 24.3 Å². The van der Waals surface area contributed by atoms with Crippen LogP contribution in [0.4, 0.5) is 0 Å². The van der Waals surface area contributed by atoms with Gasteiger partial charge in [-0.3, -0.25) is 23.7 Å². The van der Waals surface area contributed by atoms with Gasteiger partial charge in [0.1, 0.15) is 0 Å². The Morgan fingerprint density at radius 3 is 2.41 bits per heavy atom. The molecule has 1 saturated heterocycles. The molecule has 3 heterocycles. The highest BCUT2D eigenvalue weighted by molar-refractivity contribution is 7.23. The molecule has 0 spiro atoms. The number of thiazole rings is 1. The lowest BCUT2D eigenvalue weighted by Crippen LogP contribution is -2.50. The molecule has 1 aliphatic rings. The number of carbonyl (C=O) groups excluding carboxylic acids is 3. The predicted molar refractivity (Wildman–Crippen MR) is 131 cm³/mol. The van der Waals surface area contributed by atoms with E-state index in [4.69, 9.17) is 10.7 Å². The van der Waals surface area contributed by atoms with Gasteiger partial charge >= 0.3 is 0 Å². The molecule has 2 aromatic carbocycles. The Hall–Kier alpha value is -3.76. The van der Waals surface area contributed by atoms with Crippen molar-refractivity contribution < 1.29 is 14.4 Å². The highest BCUT2D eigenvalue weighted by Crippen LogP contribution is 2.30. The fourth-order valence-electron chi connectivity index (χ4n) is 4.22. The van der Waals surface area contributed by atoms with Gasteiger partial charge in [0, 0.05) is 56.1 Å². The van der Waals surface area contributed by atoms with E-state index in [0.717, 1.165) is 26.4 Å². The number of hydrogen-bond donors (Lipinski definition) is 2. The van der Waals surface area contributed by atoms with Gasteiger partial charge in [-0.15, -0.1) is 0 Å². The first kappa shape index (κ1) is 22.1. The summed E-state index contributed by atoms with van der Waals surface area (Å²) in [6.07, 6.45) is 1.97. The molecule has 0 atom stereocenters. The molecule has 4 aromatic rings. The quantitative estimate of drug-likeness (QED) is 0.456. The Bertz CT molecular complexity index is 1400. The number of benzene rings is 2. The van der Waals surface area contributed by atoms with Crippen molar-refractivity contribution in [2.24, 2.45) is 5.73 Å².